The summed E-state index contributed by atoms with van der Waals surface area (Å²) in [7, 11) is 0. The first kappa shape index (κ1) is 26.4. The molecule has 0 bridgehead atoms. The predicted molar refractivity (Wildman–Crippen MR) is 141 cm³/mol. The summed E-state index contributed by atoms with van der Waals surface area (Å²) in [5.41, 5.74) is 1.34. The number of aromatic nitrogens is 4. The van der Waals surface area contributed by atoms with Gasteiger partial charge in [-0.05, 0) is 30.7 Å². The number of benzene rings is 2. The molecule has 2 aromatic carbocycles. The first-order chi connectivity index (χ1) is 20.2. The van der Waals surface area contributed by atoms with E-state index in [0.29, 0.717) is 29.4 Å². The number of imidazole rings is 1. The lowest BCUT2D eigenvalue weighted by molar-refractivity contribution is -0.144. The number of fused-ring (bicyclic) bond motifs is 4. The zero-order chi connectivity index (χ0) is 29.2. The van der Waals surface area contributed by atoms with Crippen LogP contribution in [0.1, 0.15) is 24.7 Å². The summed E-state index contributed by atoms with van der Waals surface area (Å²) < 4.78 is 75.7. The van der Waals surface area contributed by atoms with Crippen LogP contribution in [0.3, 0.4) is 0 Å². The molecule has 0 unspecified atom stereocenters. The van der Waals surface area contributed by atoms with Gasteiger partial charge in [0, 0.05) is 18.4 Å². The molecule has 0 saturated carbocycles. The molecule has 2 aliphatic heterocycles. The van der Waals surface area contributed by atoms with Crippen LogP contribution in [0.2, 0.25) is 0 Å². The molecule has 5 heterocycles. The maximum atomic E-state index is 15.0. The van der Waals surface area contributed by atoms with Crippen LogP contribution >= 0.6 is 0 Å². The number of aliphatic carboxylic acids is 1. The molecule has 0 spiro atoms. The average molecular weight is 586 g/mol. The van der Waals surface area contributed by atoms with Gasteiger partial charge in [0.1, 0.15) is 29.4 Å². The number of ether oxygens (including phenoxy) is 2. The van der Waals surface area contributed by atoms with Crippen molar-refractivity contribution in [2.45, 2.75) is 43.4 Å². The van der Waals surface area contributed by atoms with Gasteiger partial charge in [0.05, 0.1) is 30.2 Å². The summed E-state index contributed by atoms with van der Waals surface area (Å²) >= 11 is 0. The molecule has 4 atom stereocenters. The Kier molecular flexibility index (Phi) is 6.18. The van der Waals surface area contributed by atoms with Crippen LogP contribution in [0.5, 0.6) is 6.01 Å². The number of carboxylic acid groups (broad SMARTS) is 1. The van der Waals surface area contributed by atoms with Gasteiger partial charge in [0.15, 0.2) is 11.4 Å². The summed E-state index contributed by atoms with van der Waals surface area (Å²) in [6, 6.07) is 11.7. The lowest BCUT2D eigenvalue weighted by Gasteiger charge is -2.29. The second kappa shape index (κ2) is 9.82. The van der Waals surface area contributed by atoms with E-state index in [-0.39, 0.29) is 48.1 Å². The second-order valence-corrected chi connectivity index (χ2v) is 10.3. The fraction of sp³-hybridized carbons (Fsp3) is 0.357. The highest BCUT2D eigenvalue weighted by Gasteiger charge is 2.44. The molecule has 7 rings (SSSR count). The van der Waals surface area contributed by atoms with Gasteiger partial charge in [-0.3, -0.25) is 4.57 Å². The number of carbonyl (C=O) groups is 1. The lowest BCUT2D eigenvalue weighted by Crippen LogP contribution is -2.37. The third-order valence-electron chi connectivity index (χ3n) is 7.69. The van der Waals surface area contributed by atoms with E-state index in [0.717, 1.165) is 0 Å². The summed E-state index contributed by atoms with van der Waals surface area (Å²) in [5, 5.41) is 10.4. The van der Waals surface area contributed by atoms with E-state index < -0.39 is 42.3 Å². The van der Waals surface area contributed by atoms with Gasteiger partial charge < -0.3 is 23.9 Å². The van der Waals surface area contributed by atoms with Crippen molar-refractivity contribution in [3.63, 3.8) is 0 Å². The molecule has 42 heavy (non-hydrogen) atoms. The molecule has 5 aromatic rings. The van der Waals surface area contributed by atoms with Gasteiger partial charge in [-0.25, -0.2) is 19.2 Å². The lowest BCUT2D eigenvalue weighted by atomic mass is 10.1. The minimum Gasteiger partial charge on any atom is -0.480 e. The topological polar surface area (TPSA) is 116 Å². The van der Waals surface area contributed by atoms with Gasteiger partial charge >= 0.3 is 12.1 Å². The minimum absolute atomic E-state index is 0.0641. The van der Waals surface area contributed by atoms with Gasteiger partial charge in [-0.15, -0.1) is 0 Å². The largest absolute Gasteiger partial charge is 0.480 e. The number of furan rings is 1. The Morgan fingerprint density at radius 2 is 1.86 bits per heavy atom. The number of anilines is 1. The van der Waals surface area contributed by atoms with Crippen LogP contribution in [-0.2, 0) is 15.7 Å². The van der Waals surface area contributed by atoms with Crippen molar-refractivity contribution in [2.75, 3.05) is 24.7 Å². The summed E-state index contributed by atoms with van der Waals surface area (Å²) in [6.45, 7) is 0.114. The quantitative estimate of drug-likeness (QED) is 0.280. The number of alkyl halides is 4. The molecular formula is C28H23F4N5O5. The molecule has 0 amide bonds. The van der Waals surface area contributed by atoms with Crippen LogP contribution < -0.4 is 9.64 Å². The van der Waals surface area contributed by atoms with Gasteiger partial charge in [-0.2, -0.15) is 18.2 Å². The number of hydrogen-bond acceptors (Lipinski definition) is 8. The van der Waals surface area contributed by atoms with E-state index in [9.17, 15) is 23.1 Å². The van der Waals surface area contributed by atoms with E-state index >= 15 is 4.39 Å². The summed E-state index contributed by atoms with van der Waals surface area (Å²) in [4.78, 5) is 25.7. The highest BCUT2D eigenvalue weighted by atomic mass is 19.4. The number of carboxylic acids is 1. The van der Waals surface area contributed by atoms with Crippen molar-refractivity contribution in [3.8, 4) is 6.01 Å². The van der Waals surface area contributed by atoms with Crippen molar-refractivity contribution in [3.05, 3.63) is 54.4 Å². The van der Waals surface area contributed by atoms with Crippen LogP contribution in [0.4, 0.5) is 23.4 Å². The molecule has 1 N–H and O–H groups in total. The fourth-order valence-electron chi connectivity index (χ4n) is 5.81. The Morgan fingerprint density at radius 1 is 1.07 bits per heavy atom. The molecule has 2 fully saturated rings. The molecule has 0 radical (unpaired) electrons. The third kappa shape index (κ3) is 4.37. The molecule has 14 heteroatoms. The third-order valence-corrected chi connectivity index (χ3v) is 7.69. The molecule has 2 saturated heterocycles. The van der Waals surface area contributed by atoms with Crippen LogP contribution in [0, 0.1) is 0 Å². The fourth-order valence-corrected chi connectivity index (χ4v) is 5.81. The van der Waals surface area contributed by atoms with E-state index in [4.69, 9.17) is 13.9 Å². The van der Waals surface area contributed by atoms with E-state index in [2.05, 4.69) is 15.0 Å². The van der Waals surface area contributed by atoms with Crippen molar-refractivity contribution in [1.29, 1.82) is 0 Å². The van der Waals surface area contributed by atoms with E-state index in [1.165, 1.54) is 4.90 Å². The zero-order valence-electron chi connectivity index (χ0n) is 21.8. The van der Waals surface area contributed by atoms with Crippen molar-refractivity contribution in [2.24, 2.45) is 0 Å². The Bertz CT molecular complexity index is 1820. The molecule has 3 aromatic heterocycles. The van der Waals surface area contributed by atoms with Crippen LogP contribution in [-0.4, -0.2) is 68.7 Å². The van der Waals surface area contributed by atoms with E-state index in [1.807, 2.05) is 0 Å². The monoisotopic (exact) mass is 585 g/mol. The van der Waals surface area contributed by atoms with E-state index in [1.54, 1.807) is 53.1 Å². The highest BCUT2D eigenvalue weighted by molar-refractivity contribution is 6.06. The number of rotatable bonds is 5. The number of hydrogen-bond donors (Lipinski definition) is 1. The standard InChI is InChI=1S/C28H23F4N5O5/c29-16-13-40-10-9-18(16)37-19-7-3-2-6-17(19)33-27(37)41-14-11-20(25(38)39)36(12-14)24-23-22(34-26(35-24)28(30,31)32)15-5-1-4-8-21(15)42-23/h1-8,14,16,18,20H,9-13H2,(H,38,39)/t14-,16-,18-,20-/m0/s1. The number of para-hydroxylation sites is 3. The van der Waals surface area contributed by atoms with Gasteiger partial charge in [0.25, 0.3) is 6.01 Å². The Morgan fingerprint density at radius 3 is 2.64 bits per heavy atom. The molecule has 218 valence electrons. The average Bonchev–Trinajstić information content (AvgIpc) is 3.66. The summed E-state index contributed by atoms with van der Waals surface area (Å²) in [6.07, 6.45) is -6.78. The highest BCUT2D eigenvalue weighted by Crippen LogP contribution is 2.40. The predicted octanol–water partition coefficient (Wildman–Crippen LogP) is 5.15. The van der Waals surface area contributed by atoms with Crippen molar-refractivity contribution >= 4 is 44.9 Å². The molecule has 0 aliphatic carbocycles. The van der Waals surface area contributed by atoms with Crippen LogP contribution in [0.25, 0.3) is 33.1 Å². The van der Waals surface area contributed by atoms with Gasteiger partial charge in [-0.1, -0.05) is 24.3 Å². The minimum atomic E-state index is -4.90. The first-order valence-electron chi connectivity index (χ1n) is 13.3. The second-order valence-electron chi connectivity index (χ2n) is 10.3. The first-order valence-corrected chi connectivity index (χ1v) is 13.3. The smallest absolute Gasteiger partial charge is 0.451 e. The normalized spacial score (nSPS) is 23.3. The SMILES string of the molecule is O=C(O)[C@@H]1C[C@H](Oc2nc3ccccc3n2[C@H]2CCOC[C@@H]2F)CN1c1nc(C(F)(F)F)nc2c1oc1ccccc12. The summed E-state index contributed by atoms with van der Waals surface area (Å²) in [5.74, 6) is -3.00. The maximum Gasteiger partial charge on any atom is 0.451 e. The van der Waals surface area contributed by atoms with Gasteiger partial charge in [0.2, 0.25) is 5.82 Å². The number of halogens is 4. The zero-order valence-corrected chi connectivity index (χ0v) is 21.8. The molecule has 2 aliphatic rings. The molecule has 10 nitrogen and oxygen atoms in total. The van der Waals surface area contributed by atoms with Crippen molar-refractivity contribution < 1.29 is 41.4 Å². The maximum absolute atomic E-state index is 15.0. The Hall–Kier alpha value is -4.46. The molecular weight excluding hydrogens is 562 g/mol. The number of nitrogens with zero attached hydrogens (tertiary/aromatic N) is 5. The van der Waals surface area contributed by atoms with Crippen LogP contribution in [0.15, 0.2) is 52.9 Å². The Balaban J connectivity index is 1.30. The Labute approximate surface area is 234 Å². The van der Waals surface area contributed by atoms with Crippen molar-refractivity contribution in [1.82, 2.24) is 19.5 Å².